The molecule has 3 heteroatoms. The molecular formula is C25H33F3. The molecule has 3 rings (SSSR count). The lowest BCUT2D eigenvalue weighted by molar-refractivity contribution is 0.249. The van der Waals surface area contributed by atoms with Crippen molar-refractivity contribution < 1.29 is 13.2 Å². The first kappa shape index (κ1) is 21.2. The zero-order chi connectivity index (χ0) is 19.9. The normalized spacial score (nSPS) is 20.0. The van der Waals surface area contributed by atoms with Crippen LogP contribution in [0.25, 0.3) is 10.8 Å². The Hall–Kier alpha value is -1.51. The Kier molecular flexibility index (Phi) is 7.82. The smallest absolute Gasteiger partial charge is 0.195 e. The van der Waals surface area contributed by atoms with Gasteiger partial charge in [-0.3, -0.25) is 0 Å². The van der Waals surface area contributed by atoms with E-state index in [0.29, 0.717) is 5.39 Å². The van der Waals surface area contributed by atoms with Crippen molar-refractivity contribution >= 4 is 10.8 Å². The number of hydrogen-bond donors (Lipinski definition) is 0. The lowest BCUT2D eigenvalue weighted by atomic mass is 9.77. The van der Waals surface area contributed by atoms with E-state index in [0.717, 1.165) is 36.3 Å². The van der Waals surface area contributed by atoms with E-state index in [1.807, 2.05) is 12.1 Å². The maximum atomic E-state index is 13.8. The largest absolute Gasteiger partial charge is 0.204 e. The monoisotopic (exact) mass is 390 g/mol. The zero-order valence-corrected chi connectivity index (χ0v) is 17.1. The van der Waals surface area contributed by atoms with Gasteiger partial charge in [-0.05, 0) is 41.7 Å². The van der Waals surface area contributed by atoms with Crippen molar-refractivity contribution in [3.8, 4) is 0 Å². The van der Waals surface area contributed by atoms with Crippen LogP contribution in [0.1, 0.15) is 83.1 Å². The van der Waals surface area contributed by atoms with Crippen LogP contribution in [0, 0.1) is 29.3 Å². The van der Waals surface area contributed by atoms with Gasteiger partial charge in [0.1, 0.15) is 0 Å². The highest BCUT2D eigenvalue weighted by Crippen LogP contribution is 2.34. The van der Waals surface area contributed by atoms with Crippen LogP contribution in [0.15, 0.2) is 24.3 Å². The van der Waals surface area contributed by atoms with Gasteiger partial charge in [0.2, 0.25) is 0 Å². The summed E-state index contributed by atoms with van der Waals surface area (Å²) in [5, 5.41) is 0.600. The van der Waals surface area contributed by atoms with Crippen molar-refractivity contribution in [3.63, 3.8) is 0 Å². The van der Waals surface area contributed by atoms with Crippen LogP contribution >= 0.6 is 0 Å². The third-order valence-electron chi connectivity index (χ3n) is 6.56. The molecule has 0 atom stereocenters. The van der Waals surface area contributed by atoms with E-state index in [-0.39, 0.29) is 5.39 Å². The zero-order valence-electron chi connectivity index (χ0n) is 17.1. The minimum absolute atomic E-state index is 0.155. The molecule has 1 fully saturated rings. The molecule has 1 aliphatic carbocycles. The molecule has 0 unspecified atom stereocenters. The Morgan fingerprint density at radius 1 is 0.786 bits per heavy atom. The maximum absolute atomic E-state index is 13.8. The third kappa shape index (κ3) is 5.52. The highest BCUT2D eigenvalue weighted by molar-refractivity contribution is 5.84. The number of fused-ring (bicyclic) bond motifs is 1. The molecule has 0 nitrogen and oxygen atoms in total. The van der Waals surface area contributed by atoms with Crippen molar-refractivity contribution in [2.75, 3.05) is 0 Å². The molecule has 0 aromatic heterocycles. The van der Waals surface area contributed by atoms with Gasteiger partial charge >= 0.3 is 0 Å². The van der Waals surface area contributed by atoms with Gasteiger partial charge in [0, 0.05) is 5.39 Å². The molecule has 28 heavy (non-hydrogen) atoms. The molecule has 0 heterocycles. The van der Waals surface area contributed by atoms with Crippen LogP contribution in [0.4, 0.5) is 13.2 Å². The summed E-state index contributed by atoms with van der Waals surface area (Å²) in [7, 11) is 0. The fourth-order valence-electron chi connectivity index (χ4n) is 4.73. The summed E-state index contributed by atoms with van der Waals surface area (Å²) in [5.41, 5.74) is 1.08. The van der Waals surface area contributed by atoms with Gasteiger partial charge in [0.15, 0.2) is 17.5 Å². The topological polar surface area (TPSA) is 0 Å². The number of unbranched alkanes of at least 4 members (excludes halogenated alkanes) is 4. The summed E-state index contributed by atoms with van der Waals surface area (Å²) in [6.07, 6.45) is 15.6. The second-order valence-corrected chi connectivity index (χ2v) is 8.67. The Balaban J connectivity index is 1.45. The SMILES string of the molecule is CCCCCCCC1CCC(CCc2ccc3c(F)c(F)c(F)cc3c2)CC1. The van der Waals surface area contributed by atoms with Gasteiger partial charge in [-0.25, -0.2) is 13.2 Å². The summed E-state index contributed by atoms with van der Waals surface area (Å²) in [6.45, 7) is 2.26. The van der Waals surface area contributed by atoms with Gasteiger partial charge < -0.3 is 0 Å². The molecule has 0 radical (unpaired) electrons. The molecule has 2 aromatic rings. The van der Waals surface area contributed by atoms with Gasteiger partial charge in [-0.15, -0.1) is 0 Å². The van der Waals surface area contributed by atoms with Crippen molar-refractivity contribution in [2.24, 2.45) is 11.8 Å². The highest BCUT2D eigenvalue weighted by atomic mass is 19.2. The van der Waals surface area contributed by atoms with Crippen LogP contribution < -0.4 is 0 Å². The van der Waals surface area contributed by atoms with Crippen molar-refractivity contribution in [3.05, 3.63) is 47.3 Å². The van der Waals surface area contributed by atoms with Crippen molar-refractivity contribution in [1.82, 2.24) is 0 Å². The number of rotatable bonds is 9. The average molecular weight is 391 g/mol. The fraction of sp³-hybridized carbons (Fsp3) is 0.600. The summed E-state index contributed by atoms with van der Waals surface area (Å²) < 4.78 is 40.7. The van der Waals surface area contributed by atoms with Crippen LogP contribution in [0.5, 0.6) is 0 Å². The first-order chi connectivity index (χ1) is 13.6. The second kappa shape index (κ2) is 10.3. The first-order valence-electron chi connectivity index (χ1n) is 11.1. The molecule has 0 bridgehead atoms. The molecular weight excluding hydrogens is 357 g/mol. The standard InChI is InChI=1S/C25H33F3/c1-2-3-4-5-6-7-18-8-10-19(11-9-18)12-13-20-14-15-22-21(16-20)17-23(26)25(28)24(22)27/h14-19H,2-13H2,1H3. The molecule has 1 saturated carbocycles. The van der Waals surface area contributed by atoms with E-state index in [9.17, 15) is 13.2 Å². The van der Waals surface area contributed by atoms with E-state index in [1.165, 1.54) is 64.2 Å². The fourth-order valence-corrected chi connectivity index (χ4v) is 4.73. The molecule has 1 aliphatic rings. The van der Waals surface area contributed by atoms with Crippen LogP contribution in [0.2, 0.25) is 0 Å². The first-order valence-corrected chi connectivity index (χ1v) is 11.1. The maximum Gasteiger partial charge on any atom is 0.195 e. The predicted molar refractivity (Wildman–Crippen MR) is 111 cm³/mol. The Morgan fingerprint density at radius 3 is 2.18 bits per heavy atom. The van der Waals surface area contributed by atoms with Crippen LogP contribution in [0.3, 0.4) is 0 Å². The minimum Gasteiger partial charge on any atom is -0.204 e. The number of benzene rings is 2. The Morgan fingerprint density at radius 2 is 1.46 bits per heavy atom. The molecule has 0 saturated heterocycles. The summed E-state index contributed by atoms with van der Waals surface area (Å²) in [5.74, 6) is -1.92. The number of halogens is 3. The average Bonchev–Trinajstić information content (AvgIpc) is 2.71. The van der Waals surface area contributed by atoms with E-state index >= 15 is 0 Å². The van der Waals surface area contributed by atoms with Gasteiger partial charge in [-0.1, -0.05) is 89.3 Å². The minimum atomic E-state index is -1.39. The van der Waals surface area contributed by atoms with Crippen LogP contribution in [-0.2, 0) is 6.42 Å². The second-order valence-electron chi connectivity index (χ2n) is 8.67. The van der Waals surface area contributed by atoms with Crippen LogP contribution in [-0.4, -0.2) is 0 Å². The predicted octanol–water partition coefficient (Wildman–Crippen LogP) is 8.36. The van der Waals surface area contributed by atoms with E-state index < -0.39 is 17.5 Å². The van der Waals surface area contributed by atoms with Crippen molar-refractivity contribution in [2.45, 2.75) is 84.0 Å². The Labute approximate surface area is 167 Å². The molecule has 0 aliphatic heterocycles. The summed E-state index contributed by atoms with van der Waals surface area (Å²) in [6, 6.07) is 6.34. The molecule has 0 amide bonds. The van der Waals surface area contributed by atoms with Crippen molar-refractivity contribution in [1.29, 1.82) is 0 Å². The molecule has 0 N–H and O–H groups in total. The highest BCUT2D eigenvalue weighted by Gasteiger charge is 2.21. The quantitative estimate of drug-likeness (QED) is 0.298. The van der Waals surface area contributed by atoms with Gasteiger partial charge in [0.25, 0.3) is 0 Å². The number of hydrogen-bond acceptors (Lipinski definition) is 0. The third-order valence-corrected chi connectivity index (χ3v) is 6.56. The van der Waals surface area contributed by atoms with E-state index in [2.05, 4.69) is 6.92 Å². The number of aryl methyl sites for hydroxylation is 1. The Bertz CT molecular complexity index is 760. The lowest BCUT2D eigenvalue weighted by Crippen LogP contribution is -2.15. The van der Waals surface area contributed by atoms with Gasteiger partial charge in [-0.2, -0.15) is 0 Å². The van der Waals surface area contributed by atoms with E-state index in [4.69, 9.17) is 0 Å². The molecule has 154 valence electrons. The van der Waals surface area contributed by atoms with E-state index in [1.54, 1.807) is 6.07 Å². The molecule has 2 aromatic carbocycles. The summed E-state index contributed by atoms with van der Waals surface area (Å²) >= 11 is 0. The lowest BCUT2D eigenvalue weighted by Gasteiger charge is -2.28. The van der Waals surface area contributed by atoms with Gasteiger partial charge in [0.05, 0.1) is 0 Å². The summed E-state index contributed by atoms with van der Waals surface area (Å²) in [4.78, 5) is 0. The molecule has 0 spiro atoms.